The number of benzene rings is 2. The van der Waals surface area contributed by atoms with Crippen molar-refractivity contribution in [3.63, 3.8) is 0 Å². The summed E-state index contributed by atoms with van der Waals surface area (Å²) < 4.78 is 5.62. The van der Waals surface area contributed by atoms with Gasteiger partial charge in [-0.25, -0.2) is 4.98 Å². The van der Waals surface area contributed by atoms with Crippen LogP contribution in [0.25, 0.3) is 0 Å². The third-order valence-corrected chi connectivity index (χ3v) is 4.54. The zero-order valence-corrected chi connectivity index (χ0v) is 15.6. The van der Waals surface area contributed by atoms with E-state index < -0.39 is 0 Å². The number of para-hydroxylation sites is 2. The number of ether oxygens (including phenoxy) is 1. The lowest BCUT2D eigenvalue weighted by Crippen LogP contribution is -2.16. The van der Waals surface area contributed by atoms with Crippen LogP contribution in [0.4, 0.5) is 5.69 Å². The number of hydrogen-bond donors (Lipinski definition) is 2. The van der Waals surface area contributed by atoms with E-state index in [0.717, 1.165) is 11.3 Å². The Balaban J connectivity index is 1.58. The summed E-state index contributed by atoms with van der Waals surface area (Å²) in [5.41, 5.74) is 1.99. The minimum absolute atomic E-state index is 0.139. The molecule has 7 heteroatoms. The number of thioether (sulfide) groups is 1. The summed E-state index contributed by atoms with van der Waals surface area (Å²) in [6.45, 7) is 2.11. The zero-order valence-electron chi connectivity index (χ0n) is 14.8. The van der Waals surface area contributed by atoms with Crippen LogP contribution in [0.15, 0.2) is 70.6 Å². The molecule has 0 spiro atoms. The van der Waals surface area contributed by atoms with E-state index in [4.69, 9.17) is 4.74 Å². The summed E-state index contributed by atoms with van der Waals surface area (Å²) in [5.74, 6) is 0.676. The van der Waals surface area contributed by atoms with E-state index in [1.807, 2.05) is 61.5 Å². The number of aromatic amines is 1. The average molecular weight is 381 g/mol. The van der Waals surface area contributed by atoms with Crippen LogP contribution >= 0.6 is 11.8 Å². The smallest absolute Gasteiger partial charge is 0.251 e. The number of anilines is 1. The summed E-state index contributed by atoms with van der Waals surface area (Å²) in [4.78, 5) is 31.0. The van der Waals surface area contributed by atoms with E-state index in [1.54, 1.807) is 0 Å². The maximum absolute atomic E-state index is 12.1. The molecule has 0 bridgehead atoms. The normalized spacial score (nSPS) is 10.4. The first kappa shape index (κ1) is 18.7. The van der Waals surface area contributed by atoms with E-state index in [0.29, 0.717) is 16.6 Å². The third-order valence-electron chi connectivity index (χ3n) is 3.66. The molecule has 1 amide bonds. The minimum Gasteiger partial charge on any atom is -0.487 e. The molecule has 2 N–H and O–H groups in total. The van der Waals surface area contributed by atoms with E-state index >= 15 is 0 Å². The fraction of sp³-hybridized carbons (Fsp3) is 0.150. The van der Waals surface area contributed by atoms with Crippen molar-refractivity contribution < 1.29 is 9.53 Å². The predicted octanol–water partition coefficient (Wildman–Crippen LogP) is 3.39. The van der Waals surface area contributed by atoms with Gasteiger partial charge < -0.3 is 15.0 Å². The van der Waals surface area contributed by atoms with Crippen LogP contribution < -0.4 is 15.6 Å². The van der Waals surface area contributed by atoms with Crippen molar-refractivity contribution >= 4 is 23.4 Å². The SMILES string of the molecule is Cc1ccccc1NC(=O)CSc1nc(COc2ccccc2)cc(=O)[nH]1. The fourth-order valence-electron chi connectivity index (χ4n) is 2.33. The third kappa shape index (κ3) is 5.72. The number of carbonyl (C=O) groups is 1. The van der Waals surface area contributed by atoms with Crippen molar-refractivity contribution in [2.75, 3.05) is 11.1 Å². The molecule has 0 aliphatic carbocycles. The van der Waals surface area contributed by atoms with E-state index in [9.17, 15) is 9.59 Å². The van der Waals surface area contributed by atoms with Crippen LogP contribution in [-0.4, -0.2) is 21.6 Å². The number of hydrogen-bond acceptors (Lipinski definition) is 5. The number of nitrogens with one attached hydrogen (secondary N) is 2. The van der Waals surface area contributed by atoms with Gasteiger partial charge in [0.05, 0.1) is 11.4 Å². The van der Waals surface area contributed by atoms with Gasteiger partial charge in [0.15, 0.2) is 5.16 Å². The maximum Gasteiger partial charge on any atom is 0.251 e. The van der Waals surface area contributed by atoms with Crippen molar-refractivity contribution in [2.24, 2.45) is 0 Å². The van der Waals surface area contributed by atoms with Crippen LogP contribution in [-0.2, 0) is 11.4 Å². The molecule has 3 aromatic rings. The lowest BCUT2D eigenvalue weighted by atomic mass is 10.2. The van der Waals surface area contributed by atoms with Crippen molar-refractivity contribution in [1.29, 1.82) is 0 Å². The van der Waals surface area contributed by atoms with Gasteiger partial charge in [-0.1, -0.05) is 48.2 Å². The first-order valence-electron chi connectivity index (χ1n) is 8.36. The van der Waals surface area contributed by atoms with Gasteiger partial charge in [0.1, 0.15) is 12.4 Å². The number of aryl methyl sites for hydroxylation is 1. The average Bonchev–Trinajstić information content (AvgIpc) is 2.67. The highest BCUT2D eigenvalue weighted by Crippen LogP contribution is 2.16. The summed E-state index contributed by atoms with van der Waals surface area (Å²) >= 11 is 1.17. The molecule has 2 aromatic carbocycles. The molecular formula is C20H19N3O3S. The standard InChI is InChI=1S/C20H19N3O3S/c1-14-7-5-6-10-17(14)22-19(25)13-27-20-21-15(11-18(24)23-20)12-26-16-8-3-2-4-9-16/h2-11H,12-13H2,1H3,(H,22,25)(H,21,23,24). The molecule has 1 heterocycles. The van der Waals surface area contributed by atoms with Gasteiger partial charge in [-0.05, 0) is 30.7 Å². The minimum atomic E-state index is -0.279. The second kappa shape index (κ2) is 9.05. The highest BCUT2D eigenvalue weighted by Gasteiger charge is 2.08. The molecule has 6 nitrogen and oxygen atoms in total. The first-order valence-corrected chi connectivity index (χ1v) is 9.35. The van der Waals surface area contributed by atoms with E-state index in [1.165, 1.54) is 17.8 Å². The summed E-state index contributed by atoms with van der Waals surface area (Å²) in [6, 6.07) is 18.2. The Kier molecular flexibility index (Phi) is 6.27. The van der Waals surface area contributed by atoms with Crippen molar-refractivity contribution in [2.45, 2.75) is 18.7 Å². The zero-order chi connectivity index (χ0) is 19.1. The molecule has 0 fully saturated rings. The topological polar surface area (TPSA) is 84.1 Å². The van der Waals surface area contributed by atoms with Gasteiger partial charge in [0.2, 0.25) is 5.91 Å². The summed E-state index contributed by atoms with van der Waals surface area (Å²) in [7, 11) is 0. The van der Waals surface area contributed by atoms with Gasteiger partial charge in [-0.3, -0.25) is 9.59 Å². The van der Waals surface area contributed by atoms with Gasteiger partial charge in [-0.15, -0.1) is 0 Å². The molecule has 1 aromatic heterocycles. The van der Waals surface area contributed by atoms with Crippen LogP contribution in [0.2, 0.25) is 0 Å². The fourth-order valence-corrected chi connectivity index (χ4v) is 3.03. The maximum atomic E-state index is 12.1. The van der Waals surface area contributed by atoms with Crippen molar-refractivity contribution in [1.82, 2.24) is 9.97 Å². The molecule has 3 rings (SSSR count). The Hall–Kier alpha value is -3.06. The quantitative estimate of drug-likeness (QED) is 0.484. The molecule has 0 saturated heterocycles. The van der Waals surface area contributed by atoms with Crippen LogP contribution in [0.3, 0.4) is 0 Å². The summed E-state index contributed by atoms with van der Waals surface area (Å²) in [6.07, 6.45) is 0. The molecule has 0 aliphatic heterocycles. The number of carbonyl (C=O) groups excluding carboxylic acids is 1. The Bertz CT molecular complexity index is 973. The molecule has 138 valence electrons. The Morgan fingerprint density at radius 1 is 1.15 bits per heavy atom. The Labute approximate surface area is 161 Å². The van der Waals surface area contributed by atoms with Gasteiger partial charge in [-0.2, -0.15) is 0 Å². The molecule has 27 heavy (non-hydrogen) atoms. The van der Waals surface area contributed by atoms with E-state index in [2.05, 4.69) is 15.3 Å². The monoisotopic (exact) mass is 381 g/mol. The number of aromatic nitrogens is 2. The Morgan fingerprint density at radius 2 is 1.89 bits per heavy atom. The van der Waals surface area contributed by atoms with Crippen LogP contribution in [0.5, 0.6) is 5.75 Å². The number of nitrogens with zero attached hydrogens (tertiary/aromatic N) is 1. The van der Waals surface area contributed by atoms with Gasteiger partial charge in [0.25, 0.3) is 5.56 Å². The first-order chi connectivity index (χ1) is 13.1. The van der Waals surface area contributed by atoms with Gasteiger partial charge >= 0.3 is 0 Å². The van der Waals surface area contributed by atoms with Crippen molar-refractivity contribution in [3.05, 3.63) is 82.3 Å². The predicted molar refractivity (Wildman–Crippen MR) is 106 cm³/mol. The number of rotatable bonds is 7. The highest BCUT2D eigenvalue weighted by atomic mass is 32.2. The summed E-state index contributed by atoms with van der Waals surface area (Å²) in [5, 5.41) is 3.24. The van der Waals surface area contributed by atoms with Crippen LogP contribution in [0, 0.1) is 6.92 Å². The number of H-pyrrole nitrogens is 1. The second-order valence-corrected chi connectivity index (χ2v) is 6.76. The largest absolute Gasteiger partial charge is 0.487 e. The molecular weight excluding hydrogens is 362 g/mol. The van der Waals surface area contributed by atoms with Crippen molar-refractivity contribution in [3.8, 4) is 5.75 Å². The second-order valence-electron chi connectivity index (χ2n) is 5.80. The molecule has 0 radical (unpaired) electrons. The molecule has 0 atom stereocenters. The molecule has 0 aliphatic rings. The van der Waals surface area contributed by atoms with Gasteiger partial charge in [0, 0.05) is 11.8 Å². The highest BCUT2D eigenvalue weighted by molar-refractivity contribution is 7.99. The lowest BCUT2D eigenvalue weighted by Gasteiger charge is -2.08. The molecule has 0 unspecified atom stereocenters. The van der Waals surface area contributed by atoms with Crippen LogP contribution in [0.1, 0.15) is 11.3 Å². The Morgan fingerprint density at radius 3 is 2.67 bits per heavy atom. The number of amides is 1. The van der Waals surface area contributed by atoms with E-state index in [-0.39, 0.29) is 23.8 Å². The molecule has 0 saturated carbocycles. The lowest BCUT2D eigenvalue weighted by molar-refractivity contribution is -0.113.